The number of nitrogens with zero attached hydrogens (tertiary/aromatic N) is 1. The largest absolute Gasteiger partial charge is 0.472 e. The van der Waals surface area contributed by atoms with Gasteiger partial charge >= 0.3 is 13.8 Å². The molecule has 0 fully saturated rings. The lowest BCUT2D eigenvalue weighted by Crippen LogP contribution is -2.47. The van der Waals surface area contributed by atoms with Crippen molar-refractivity contribution in [1.82, 2.24) is 5.32 Å². The summed E-state index contributed by atoms with van der Waals surface area (Å²) >= 11 is 0. The van der Waals surface area contributed by atoms with Gasteiger partial charge in [0.1, 0.15) is 19.3 Å². The van der Waals surface area contributed by atoms with Crippen molar-refractivity contribution in [1.29, 1.82) is 0 Å². The smallest absolute Gasteiger partial charge is 0.456 e. The van der Waals surface area contributed by atoms with E-state index < -0.39 is 20.0 Å². The number of carbonyl (C=O) groups is 2. The Morgan fingerprint density at radius 2 is 0.821 bits per heavy atom. The normalized spacial score (nSPS) is 14.0. The lowest BCUT2D eigenvalue weighted by molar-refractivity contribution is -0.870. The fourth-order valence-corrected chi connectivity index (χ4v) is 10.3. The molecule has 2 N–H and O–H groups in total. The van der Waals surface area contributed by atoms with E-state index in [1.54, 1.807) is 0 Å². The van der Waals surface area contributed by atoms with E-state index in [-0.39, 0.29) is 31.5 Å². The number of allylic oxidation sites excluding steroid dienone is 9. The van der Waals surface area contributed by atoms with E-state index in [2.05, 4.69) is 74.7 Å². The van der Waals surface area contributed by atoms with E-state index in [0.29, 0.717) is 17.4 Å². The SMILES string of the molecule is CCCCC/C=C\C/C=C\CCCCCCCCCCCCCCCCCC(=O)NC(COP(=O)(O)OCC[N+](C)(C)C)C(/C=C\CCCCCCCCCCCC)OC(=O)CCCCCCCC/C=C/C=C/CCCCC. The highest BCUT2D eigenvalue weighted by atomic mass is 31.2. The Labute approximate surface area is 483 Å². The molecular formula is C68H128N2O7P+. The third-order valence-electron chi connectivity index (χ3n) is 14.7. The predicted molar refractivity (Wildman–Crippen MR) is 337 cm³/mol. The Balaban J connectivity index is 5.09. The van der Waals surface area contributed by atoms with Gasteiger partial charge in [-0.3, -0.25) is 18.6 Å². The van der Waals surface area contributed by atoms with Gasteiger partial charge in [0.05, 0.1) is 33.8 Å². The van der Waals surface area contributed by atoms with Crippen LogP contribution in [0.5, 0.6) is 0 Å². The number of likely N-dealkylation sites (N-methyl/N-ethyl adjacent to an activating group) is 1. The van der Waals surface area contributed by atoms with Crippen LogP contribution >= 0.6 is 7.82 Å². The number of hydrogen-bond donors (Lipinski definition) is 2. The first-order chi connectivity index (χ1) is 37.9. The summed E-state index contributed by atoms with van der Waals surface area (Å²) in [6.45, 7) is 6.98. The molecule has 0 saturated heterocycles. The second-order valence-electron chi connectivity index (χ2n) is 23.7. The maximum atomic E-state index is 13.6. The van der Waals surface area contributed by atoms with Crippen molar-refractivity contribution in [3.8, 4) is 0 Å². The summed E-state index contributed by atoms with van der Waals surface area (Å²) in [6, 6.07) is -0.853. The van der Waals surface area contributed by atoms with Crippen molar-refractivity contribution in [3.05, 3.63) is 60.8 Å². The van der Waals surface area contributed by atoms with Crippen molar-refractivity contribution in [2.45, 2.75) is 322 Å². The van der Waals surface area contributed by atoms with Crippen LogP contribution in [0.15, 0.2) is 60.8 Å². The molecule has 0 aromatic rings. The van der Waals surface area contributed by atoms with Gasteiger partial charge in [-0.15, -0.1) is 0 Å². The highest BCUT2D eigenvalue weighted by Crippen LogP contribution is 2.43. The number of rotatable bonds is 60. The summed E-state index contributed by atoms with van der Waals surface area (Å²) < 4.78 is 30.7. The average Bonchev–Trinajstić information content (AvgIpc) is 3.40. The number of hydrogen-bond acceptors (Lipinski definition) is 6. The molecule has 1 amide bonds. The van der Waals surface area contributed by atoms with Gasteiger partial charge in [-0.1, -0.05) is 268 Å². The first kappa shape index (κ1) is 75.7. The lowest BCUT2D eigenvalue weighted by Gasteiger charge is -2.27. The van der Waals surface area contributed by atoms with Crippen LogP contribution < -0.4 is 5.32 Å². The molecule has 0 radical (unpaired) electrons. The second kappa shape index (κ2) is 57.9. The van der Waals surface area contributed by atoms with Gasteiger partial charge in [0.2, 0.25) is 5.91 Å². The number of amides is 1. The Morgan fingerprint density at radius 1 is 0.462 bits per heavy atom. The van der Waals surface area contributed by atoms with Crippen LogP contribution in [0.25, 0.3) is 0 Å². The Hall–Kier alpha value is -2.29. The van der Waals surface area contributed by atoms with Gasteiger partial charge in [-0.25, -0.2) is 4.57 Å². The van der Waals surface area contributed by atoms with E-state index in [1.807, 2.05) is 33.3 Å². The topological polar surface area (TPSA) is 111 Å². The molecule has 0 heterocycles. The van der Waals surface area contributed by atoms with Gasteiger partial charge in [0.25, 0.3) is 0 Å². The van der Waals surface area contributed by atoms with Crippen LogP contribution in [0.3, 0.4) is 0 Å². The Morgan fingerprint density at radius 3 is 1.26 bits per heavy atom. The zero-order valence-corrected chi connectivity index (χ0v) is 53.1. The van der Waals surface area contributed by atoms with Gasteiger partial charge < -0.3 is 19.4 Å². The van der Waals surface area contributed by atoms with E-state index >= 15 is 0 Å². The minimum Gasteiger partial charge on any atom is -0.456 e. The van der Waals surface area contributed by atoms with Crippen LogP contribution in [0.4, 0.5) is 0 Å². The zero-order chi connectivity index (χ0) is 57.2. The monoisotopic (exact) mass is 1120 g/mol. The van der Waals surface area contributed by atoms with E-state index in [9.17, 15) is 19.0 Å². The molecule has 78 heavy (non-hydrogen) atoms. The quantitative estimate of drug-likeness (QED) is 0.0156. The highest BCUT2D eigenvalue weighted by Gasteiger charge is 2.30. The molecule has 0 bridgehead atoms. The second-order valence-corrected chi connectivity index (χ2v) is 25.1. The van der Waals surface area contributed by atoms with E-state index in [4.69, 9.17) is 13.8 Å². The van der Waals surface area contributed by atoms with E-state index in [1.165, 1.54) is 193 Å². The van der Waals surface area contributed by atoms with Gasteiger partial charge in [-0.05, 0) is 89.5 Å². The van der Waals surface area contributed by atoms with Crippen molar-refractivity contribution in [2.75, 3.05) is 40.9 Å². The Kier molecular flexibility index (Phi) is 56.2. The number of quaternary nitrogens is 1. The molecule has 0 aliphatic rings. The summed E-state index contributed by atoms with van der Waals surface area (Å²) in [5.74, 6) is -0.510. The van der Waals surface area contributed by atoms with Crippen molar-refractivity contribution < 1.29 is 37.3 Å². The molecule has 9 nitrogen and oxygen atoms in total. The van der Waals surface area contributed by atoms with Crippen LogP contribution in [0.2, 0.25) is 0 Å². The number of phosphoric ester groups is 1. The molecule has 0 aliphatic carbocycles. The van der Waals surface area contributed by atoms with Gasteiger partial charge in [0, 0.05) is 12.8 Å². The minimum atomic E-state index is -4.45. The molecule has 0 rings (SSSR count). The number of carbonyl (C=O) groups excluding carboxylic acids is 2. The number of nitrogens with one attached hydrogen (secondary N) is 1. The van der Waals surface area contributed by atoms with Crippen molar-refractivity contribution in [2.24, 2.45) is 0 Å². The summed E-state index contributed by atoms with van der Waals surface area (Å²) in [5.41, 5.74) is 0. The van der Waals surface area contributed by atoms with Crippen LogP contribution in [0, 0.1) is 0 Å². The van der Waals surface area contributed by atoms with Crippen LogP contribution in [0.1, 0.15) is 310 Å². The fraction of sp³-hybridized carbons (Fsp3) is 0.824. The molecule has 0 aromatic heterocycles. The molecule has 10 heteroatoms. The average molecular weight is 1120 g/mol. The molecular weight excluding hydrogens is 988 g/mol. The van der Waals surface area contributed by atoms with Crippen LogP contribution in [-0.2, 0) is 27.9 Å². The molecule has 0 saturated carbocycles. The number of phosphoric acid groups is 1. The minimum absolute atomic E-state index is 0.0381. The predicted octanol–water partition coefficient (Wildman–Crippen LogP) is 20.6. The van der Waals surface area contributed by atoms with Gasteiger partial charge in [0.15, 0.2) is 0 Å². The van der Waals surface area contributed by atoms with E-state index in [0.717, 1.165) is 83.5 Å². The molecule has 3 atom stereocenters. The van der Waals surface area contributed by atoms with Crippen LogP contribution in [-0.4, -0.2) is 74.3 Å². The van der Waals surface area contributed by atoms with Crippen molar-refractivity contribution in [3.63, 3.8) is 0 Å². The first-order valence-corrected chi connectivity index (χ1v) is 34.6. The number of unbranched alkanes of at least 4 members (excludes halogenated alkanes) is 37. The van der Waals surface area contributed by atoms with Crippen molar-refractivity contribution >= 4 is 19.7 Å². The third kappa shape index (κ3) is 58.4. The fourth-order valence-electron chi connectivity index (χ4n) is 9.55. The lowest BCUT2D eigenvalue weighted by atomic mass is 10.0. The molecule has 3 unspecified atom stereocenters. The molecule has 0 aromatic carbocycles. The summed E-state index contributed by atoms with van der Waals surface area (Å²) in [7, 11) is 1.49. The summed E-state index contributed by atoms with van der Waals surface area (Å²) in [6.07, 6.45) is 73.6. The molecule has 0 aliphatic heterocycles. The third-order valence-corrected chi connectivity index (χ3v) is 15.7. The zero-order valence-electron chi connectivity index (χ0n) is 52.2. The summed E-state index contributed by atoms with van der Waals surface area (Å²) in [4.78, 5) is 37.8. The molecule has 0 spiro atoms. The summed E-state index contributed by atoms with van der Waals surface area (Å²) in [5, 5.41) is 3.06. The first-order valence-electron chi connectivity index (χ1n) is 33.1. The molecule has 456 valence electrons. The highest BCUT2D eigenvalue weighted by molar-refractivity contribution is 7.47. The number of esters is 1. The number of ether oxygens (including phenoxy) is 1. The maximum Gasteiger partial charge on any atom is 0.472 e. The Bertz CT molecular complexity index is 1520. The standard InChI is InChI=1S/C68H127N2O7P/c1-7-10-13-16-19-22-25-28-30-31-32-33-34-35-36-37-38-39-41-42-45-48-51-54-57-60-67(71)69-65(64-76-78(73,74)75-63-62-70(4,5)6)66(59-56-53-50-47-44-27-24-21-18-15-12-9-3)77-68(72)61-58-55-52-49-46-43-40-29-26-23-20-17-14-11-8-2/h19-20,22-23,26,28-30,56,59,65-66H,7-18,21,24-25,27,31-55,57-58,60-64H2,1-6H3,(H-,69,71,73,74)/p+1/b22-19-,23-20+,29-26+,30-28-,59-56-. The maximum absolute atomic E-state index is 13.6. The van der Waals surface area contributed by atoms with Gasteiger partial charge in [-0.2, -0.15) is 0 Å².